The highest BCUT2D eigenvalue weighted by Crippen LogP contribution is 2.42. The molecule has 5 heteroatoms. The van der Waals surface area contributed by atoms with Gasteiger partial charge in [-0.05, 0) is 35.9 Å². The van der Waals surface area contributed by atoms with Crippen LogP contribution in [0.4, 0.5) is 11.4 Å². The highest BCUT2D eigenvalue weighted by molar-refractivity contribution is 6.27. The maximum atomic E-state index is 13.2. The Labute approximate surface area is 160 Å². The van der Waals surface area contributed by atoms with Crippen LogP contribution >= 0.6 is 0 Å². The Morgan fingerprint density at radius 2 is 1.50 bits per heavy atom. The van der Waals surface area contributed by atoms with Crippen LogP contribution in [0.3, 0.4) is 0 Å². The Morgan fingerprint density at radius 3 is 2.25 bits per heavy atom. The number of fused-ring (bicyclic) bond motifs is 2. The third-order valence-corrected chi connectivity index (χ3v) is 5.24. The van der Waals surface area contributed by atoms with Gasteiger partial charge in [-0.15, -0.1) is 0 Å². The summed E-state index contributed by atoms with van der Waals surface area (Å²) in [5.74, 6) is 0.111. The number of nitrogens with zero attached hydrogens (tertiary/aromatic N) is 1. The normalized spacial score (nSPS) is 12.1. The number of aryl methyl sites for hydroxylation is 1. The lowest BCUT2D eigenvalue weighted by atomic mass is 9.83. The maximum absolute atomic E-state index is 13.2. The molecule has 0 radical (unpaired) electrons. The second-order valence-electron chi connectivity index (χ2n) is 6.86. The molecule has 0 spiro atoms. The van der Waals surface area contributed by atoms with Crippen molar-refractivity contribution in [3.63, 3.8) is 0 Å². The molecule has 0 aliphatic heterocycles. The van der Waals surface area contributed by atoms with Crippen LogP contribution in [0.15, 0.2) is 71.5 Å². The lowest BCUT2D eigenvalue weighted by Crippen LogP contribution is -2.24. The number of pyridine rings is 1. The molecule has 0 amide bonds. The number of hydrogen-bond donors (Lipinski definition) is 2. The summed E-state index contributed by atoms with van der Waals surface area (Å²) in [4.78, 5) is 26.3. The van der Waals surface area contributed by atoms with Gasteiger partial charge in [0.2, 0.25) is 0 Å². The van der Waals surface area contributed by atoms with E-state index in [4.69, 9.17) is 0 Å². The first-order chi connectivity index (χ1) is 13.6. The van der Waals surface area contributed by atoms with Crippen molar-refractivity contribution < 1.29 is 9.90 Å². The summed E-state index contributed by atoms with van der Waals surface area (Å²) >= 11 is 0. The largest absolute Gasteiger partial charge is 0.508 e. The minimum absolute atomic E-state index is 0.0390. The number of phenolic OH excluding ortho intramolecular Hbond substituents is 1. The van der Waals surface area contributed by atoms with E-state index in [2.05, 4.69) is 5.32 Å². The number of ketones is 1. The predicted molar refractivity (Wildman–Crippen MR) is 109 cm³/mol. The number of carbonyl (C=O) groups is 1. The number of anilines is 2. The molecule has 0 atom stereocenters. The van der Waals surface area contributed by atoms with Crippen LogP contribution in [-0.2, 0) is 7.05 Å². The zero-order valence-corrected chi connectivity index (χ0v) is 15.1. The molecule has 0 bridgehead atoms. The van der Waals surface area contributed by atoms with Gasteiger partial charge in [0.05, 0.1) is 5.52 Å². The first-order valence-corrected chi connectivity index (χ1v) is 8.92. The summed E-state index contributed by atoms with van der Waals surface area (Å²) in [6.45, 7) is 0. The zero-order chi connectivity index (χ0) is 19.4. The van der Waals surface area contributed by atoms with Gasteiger partial charge in [0.15, 0.2) is 5.78 Å². The number of rotatable bonds is 2. The minimum atomic E-state index is -0.183. The number of nitrogens with one attached hydrogen (secondary N) is 1. The molecular formula is C23H16N2O3. The molecule has 136 valence electrons. The first kappa shape index (κ1) is 16.3. The van der Waals surface area contributed by atoms with E-state index in [1.807, 2.05) is 24.3 Å². The molecule has 5 rings (SSSR count). The molecule has 1 heterocycles. The van der Waals surface area contributed by atoms with Crippen molar-refractivity contribution in [3.05, 3.63) is 88.2 Å². The van der Waals surface area contributed by atoms with Crippen LogP contribution in [0, 0.1) is 0 Å². The van der Waals surface area contributed by atoms with Crippen molar-refractivity contribution in [2.24, 2.45) is 7.05 Å². The van der Waals surface area contributed by atoms with E-state index in [9.17, 15) is 14.7 Å². The lowest BCUT2D eigenvalue weighted by molar-refractivity contribution is 0.104. The number of aromatic nitrogens is 1. The third-order valence-electron chi connectivity index (χ3n) is 5.24. The van der Waals surface area contributed by atoms with Gasteiger partial charge in [-0.1, -0.05) is 36.4 Å². The monoisotopic (exact) mass is 368 g/mol. The number of aromatic hydroxyl groups is 1. The van der Waals surface area contributed by atoms with Gasteiger partial charge >= 0.3 is 0 Å². The molecule has 5 nitrogen and oxygen atoms in total. The van der Waals surface area contributed by atoms with Crippen LogP contribution in [0.25, 0.3) is 22.0 Å². The zero-order valence-electron chi connectivity index (χ0n) is 15.1. The number of hydrogen-bond acceptors (Lipinski definition) is 4. The Balaban J connectivity index is 1.91. The molecule has 1 aromatic heterocycles. The van der Waals surface area contributed by atoms with E-state index in [0.29, 0.717) is 22.5 Å². The van der Waals surface area contributed by atoms with Crippen LogP contribution in [-0.4, -0.2) is 15.5 Å². The van der Waals surface area contributed by atoms with Gasteiger partial charge in [-0.3, -0.25) is 9.59 Å². The maximum Gasteiger partial charge on any atom is 0.275 e. The van der Waals surface area contributed by atoms with Crippen LogP contribution in [0.1, 0.15) is 15.9 Å². The predicted octanol–water partition coefficient (Wildman–Crippen LogP) is 4.20. The van der Waals surface area contributed by atoms with Crippen LogP contribution in [0.2, 0.25) is 0 Å². The minimum Gasteiger partial charge on any atom is -0.508 e. The second kappa shape index (κ2) is 5.82. The molecule has 2 N–H and O–H groups in total. The molecule has 0 unspecified atom stereocenters. The summed E-state index contributed by atoms with van der Waals surface area (Å²) in [5.41, 5.74) is 4.28. The third kappa shape index (κ3) is 2.19. The molecule has 0 saturated heterocycles. The molecular weight excluding hydrogens is 352 g/mol. The van der Waals surface area contributed by atoms with Crippen molar-refractivity contribution in [1.29, 1.82) is 0 Å². The summed E-state index contributed by atoms with van der Waals surface area (Å²) in [5, 5.41) is 13.5. The topological polar surface area (TPSA) is 71.3 Å². The fourth-order valence-corrected chi connectivity index (χ4v) is 3.90. The standard InChI is InChI=1S/C23H16N2O3/c1-25-18-8-4-7-17-19(18)20(15-5-2-3-6-16(15)22(17)27)21(23(25)28)24-13-9-11-14(26)12-10-13/h2-12,24,26H,1H3. The average molecular weight is 368 g/mol. The van der Waals surface area contributed by atoms with Crippen LogP contribution in [0.5, 0.6) is 5.75 Å². The Morgan fingerprint density at radius 1 is 0.821 bits per heavy atom. The fourth-order valence-electron chi connectivity index (χ4n) is 3.90. The highest BCUT2D eigenvalue weighted by atomic mass is 16.3. The van der Waals surface area contributed by atoms with Crippen molar-refractivity contribution in [3.8, 4) is 16.9 Å². The van der Waals surface area contributed by atoms with Gasteiger partial charge in [0.1, 0.15) is 11.4 Å². The second-order valence-corrected chi connectivity index (χ2v) is 6.86. The molecule has 0 saturated carbocycles. The van der Waals surface area contributed by atoms with E-state index in [1.165, 1.54) is 0 Å². The van der Waals surface area contributed by atoms with Gasteiger partial charge in [-0.25, -0.2) is 0 Å². The summed E-state index contributed by atoms with van der Waals surface area (Å²) in [6, 6.07) is 19.4. The average Bonchev–Trinajstić information content (AvgIpc) is 2.72. The van der Waals surface area contributed by atoms with E-state index in [-0.39, 0.29) is 17.1 Å². The van der Waals surface area contributed by atoms with E-state index in [0.717, 1.165) is 22.0 Å². The molecule has 0 fully saturated rings. The molecule has 1 aliphatic carbocycles. The Kier molecular flexibility index (Phi) is 3.39. The summed E-state index contributed by atoms with van der Waals surface area (Å²) in [6.07, 6.45) is 0. The van der Waals surface area contributed by atoms with Crippen molar-refractivity contribution in [1.82, 2.24) is 4.57 Å². The number of carbonyl (C=O) groups excluding carboxylic acids is 1. The van der Waals surface area contributed by atoms with Crippen molar-refractivity contribution in [2.75, 3.05) is 5.32 Å². The molecule has 4 aromatic rings. The summed E-state index contributed by atoms with van der Waals surface area (Å²) in [7, 11) is 1.71. The van der Waals surface area contributed by atoms with E-state index in [1.54, 1.807) is 54.1 Å². The molecule has 3 aromatic carbocycles. The number of benzene rings is 3. The molecule has 28 heavy (non-hydrogen) atoms. The first-order valence-electron chi connectivity index (χ1n) is 8.92. The summed E-state index contributed by atoms with van der Waals surface area (Å²) < 4.78 is 1.56. The van der Waals surface area contributed by atoms with Crippen LogP contribution < -0.4 is 10.9 Å². The van der Waals surface area contributed by atoms with Gasteiger partial charge < -0.3 is 15.0 Å². The Hall–Kier alpha value is -3.86. The highest BCUT2D eigenvalue weighted by Gasteiger charge is 2.29. The van der Waals surface area contributed by atoms with E-state index < -0.39 is 0 Å². The van der Waals surface area contributed by atoms with Gasteiger partial charge in [-0.2, -0.15) is 0 Å². The number of phenols is 1. The quantitative estimate of drug-likeness (QED) is 0.458. The smallest absolute Gasteiger partial charge is 0.275 e. The van der Waals surface area contributed by atoms with Crippen molar-refractivity contribution >= 4 is 28.1 Å². The fraction of sp³-hybridized carbons (Fsp3) is 0.0435. The SMILES string of the molecule is Cn1c(=O)c(Nc2ccc(O)cc2)c2c3c(cccc31)C(=O)c1ccccc1-2. The van der Waals surface area contributed by atoms with E-state index >= 15 is 0 Å². The molecule has 1 aliphatic rings. The van der Waals surface area contributed by atoms with Gasteiger partial charge in [0, 0.05) is 34.8 Å². The van der Waals surface area contributed by atoms with Crippen molar-refractivity contribution in [2.45, 2.75) is 0 Å². The lowest BCUT2D eigenvalue weighted by Gasteiger charge is -2.24. The Bertz CT molecular complexity index is 1330. The van der Waals surface area contributed by atoms with Gasteiger partial charge in [0.25, 0.3) is 5.56 Å².